The number of aromatic nitrogens is 2. The molecule has 122 valence electrons. The molecule has 2 aromatic rings. The van der Waals surface area contributed by atoms with Crippen LogP contribution in [0.2, 0.25) is 0 Å². The third-order valence-electron chi connectivity index (χ3n) is 3.72. The first-order chi connectivity index (χ1) is 11.0. The number of hydrogen-bond donors (Lipinski definition) is 1. The maximum absolute atomic E-state index is 12.1. The summed E-state index contributed by atoms with van der Waals surface area (Å²) >= 11 is 0. The summed E-state index contributed by atoms with van der Waals surface area (Å²) in [6.07, 6.45) is 2.77. The van der Waals surface area contributed by atoms with Crippen LogP contribution in [-0.4, -0.2) is 28.5 Å². The highest BCUT2D eigenvalue weighted by molar-refractivity contribution is 5.91. The van der Waals surface area contributed by atoms with Gasteiger partial charge in [-0.05, 0) is 44.5 Å². The summed E-state index contributed by atoms with van der Waals surface area (Å²) in [5, 5.41) is 2.84. The molecule has 6 nitrogen and oxygen atoms in total. The molecule has 0 saturated carbocycles. The van der Waals surface area contributed by atoms with E-state index in [1.807, 2.05) is 19.1 Å². The van der Waals surface area contributed by atoms with Gasteiger partial charge in [0.05, 0.1) is 6.33 Å². The molecule has 0 fully saturated rings. The van der Waals surface area contributed by atoms with Crippen molar-refractivity contribution in [2.75, 3.05) is 23.3 Å². The first kappa shape index (κ1) is 16.7. The Morgan fingerprint density at radius 3 is 2.61 bits per heavy atom. The van der Waals surface area contributed by atoms with E-state index in [1.165, 1.54) is 23.2 Å². The molecule has 0 unspecified atom stereocenters. The second-order valence-corrected chi connectivity index (χ2v) is 5.27. The molecule has 1 aromatic heterocycles. The number of carbonyl (C=O) groups is 1. The number of nitrogens with zero attached hydrogens (tertiary/aromatic N) is 3. The van der Waals surface area contributed by atoms with E-state index in [4.69, 9.17) is 0 Å². The summed E-state index contributed by atoms with van der Waals surface area (Å²) < 4.78 is 1.27. The van der Waals surface area contributed by atoms with E-state index < -0.39 is 0 Å². The van der Waals surface area contributed by atoms with Crippen molar-refractivity contribution in [3.63, 3.8) is 0 Å². The van der Waals surface area contributed by atoms with Gasteiger partial charge < -0.3 is 10.2 Å². The topological polar surface area (TPSA) is 67.2 Å². The van der Waals surface area contributed by atoms with Crippen LogP contribution in [0.15, 0.2) is 41.6 Å². The van der Waals surface area contributed by atoms with Gasteiger partial charge >= 0.3 is 0 Å². The van der Waals surface area contributed by atoms with E-state index in [0.29, 0.717) is 0 Å². The van der Waals surface area contributed by atoms with Crippen LogP contribution in [0.25, 0.3) is 0 Å². The first-order valence-corrected chi connectivity index (χ1v) is 7.71. The number of benzene rings is 1. The van der Waals surface area contributed by atoms with Gasteiger partial charge in [0.2, 0.25) is 5.91 Å². The molecule has 1 aromatic carbocycles. The van der Waals surface area contributed by atoms with Crippen molar-refractivity contribution in [1.82, 2.24) is 9.55 Å². The largest absolute Gasteiger partial charge is 0.372 e. The van der Waals surface area contributed by atoms with Crippen molar-refractivity contribution in [3.05, 3.63) is 52.7 Å². The second-order valence-electron chi connectivity index (χ2n) is 5.27. The number of aryl methyl sites for hydroxylation is 1. The molecule has 6 heteroatoms. The van der Waals surface area contributed by atoms with Crippen LogP contribution in [0.1, 0.15) is 19.4 Å². The number of nitrogens with one attached hydrogen (secondary N) is 1. The van der Waals surface area contributed by atoms with Crippen LogP contribution < -0.4 is 15.8 Å². The Bertz CT molecular complexity index is 735. The van der Waals surface area contributed by atoms with Crippen LogP contribution in [0.4, 0.5) is 11.4 Å². The number of anilines is 2. The quantitative estimate of drug-likeness (QED) is 0.886. The van der Waals surface area contributed by atoms with Crippen molar-refractivity contribution in [1.29, 1.82) is 0 Å². The molecule has 1 heterocycles. The summed E-state index contributed by atoms with van der Waals surface area (Å²) in [6, 6.07) is 7.27. The highest BCUT2D eigenvalue weighted by Gasteiger charge is 2.09. The fourth-order valence-electron chi connectivity index (χ4n) is 2.42. The maximum atomic E-state index is 12.1. The molecule has 0 aliphatic carbocycles. The molecule has 0 spiro atoms. The molecule has 0 radical (unpaired) electrons. The average Bonchev–Trinajstić information content (AvgIpc) is 2.53. The molecule has 1 amide bonds. The number of hydrogen-bond acceptors (Lipinski definition) is 4. The Morgan fingerprint density at radius 1 is 1.26 bits per heavy atom. The Kier molecular flexibility index (Phi) is 5.51. The third kappa shape index (κ3) is 4.18. The summed E-state index contributed by atoms with van der Waals surface area (Å²) in [7, 11) is 0. The van der Waals surface area contributed by atoms with Gasteiger partial charge in [0.15, 0.2) is 0 Å². The monoisotopic (exact) mass is 314 g/mol. The lowest BCUT2D eigenvalue weighted by atomic mass is 10.1. The summed E-state index contributed by atoms with van der Waals surface area (Å²) in [5.41, 5.74) is 2.63. The Labute approximate surface area is 135 Å². The molecular weight excluding hydrogens is 292 g/mol. The SMILES string of the molecule is CCN(CC)c1ccc(NC(=O)Cn2cnccc2=O)c(C)c1. The van der Waals surface area contributed by atoms with Crippen molar-refractivity contribution in [3.8, 4) is 0 Å². The summed E-state index contributed by atoms with van der Waals surface area (Å²) in [4.78, 5) is 29.8. The minimum Gasteiger partial charge on any atom is -0.372 e. The van der Waals surface area contributed by atoms with E-state index in [-0.39, 0.29) is 18.0 Å². The van der Waals surface area contributed by atoms with Crippen molar-refractivity contribution >= 4 is 17.3 Å². The Morgan fingerprint density at radius 2 is 2.00 bits per heavy atom. The predicted molar refractivity (Wildman–Crippen MR) is 91.9 cm³/mol. The van der Waals surface area contributed by atoms with E-state index in [2.05, 4.69) is 35.1 Å². The van der Waals surface area contributed by atoms with E-state index >= 15 is 0 Å². The minimum absolute atomic E-state index is 0.0517. The Hall–Kier alpha value is -2.63. The molecule has 0 atom stereocenters. The lowest BCUT2D eigenvalue weighted by Gasteiger charge is -2.22. The van der Waals surface area contributed by atoms with Crippen molar-refractivity contribution < 1.29 is 4.79 Å². The van der Waals surface area contributed by atoms with Crippen LogP contribution >= 0.6 is 0 Å². The van der Waals surface area contributed by atoms with Gasteiger partial charge in [-0.3, -0.25) is 14.2 Å². The zero-order valence-electron chi connectivity index (χ0n) is 13.7. The molecule has 0 aliphatic rings. The molecule has 23 heavy (non-hydrogen) atoms. The van der Waals surface area contributed by atoms with Gasteiger partial charge in [-0.25, -0.2) is 4.98 Å². The van der Waals surface area contributed by atoms with Crippen LogP contribution in [-0.2, 0) is 11.3 Å². The molecule has 1 N–H and O–H groups in total. The van der Waals surface area contributed by atoms with E-state index in [0.717, 1.165) is 30.0 Å². The fourth-order valence-corrected chi connectivity index (χ4v) is 2.42. The minimum atomic E-state index is -0.251. The van der Waals surface area contributed by atoms with Gasteiger partial charge in [0.25, 0.3) is 5.56 Å². The van der Waals surface area contributed by atoms with Crippen molar-refractivity contribution in [2.24, 2.45) is 0 Å². The third-order valence-corrected chi connectivity index (χ3v) is 3.72. The molecule has 0 saturated heterocycles. The summed E-state index contributed by atoms with van der Waals surface area (Å²) in [6.45, 7) is 8.00. The molecule has 2 rings (SSSR count). The van der Waals surface area contributed by atoms with E-state index in [1.54, 1.807) is 0 Å². The standard InChI is InChI=1S/C17H22N4O2/c1-4-20(5-2)14-6-7-15(13(3)10-14)19-16(22)11-21-12-18-9-8-17(21)23/h6-10,12H,4-5,11H2,1-3H3,(H,19,22). The molecular formula is C17H22N4O2. The predicted octanol–water partition coefficient (Wildman–Crippen LogP) is 2.04. The maximum Gasteiger partial charge on any atom is 0.253 e. The normalized spacial score (nSPS) is 10.4. The van der Waals surface area contributed by atoms with Gasteiger partial charge in [-0.2, -0.15) is 0 Å². The lowest BCUT2D eigenvalue weighted by Crippen LogP contribution is -2.27. The van der Waals surface area contributed by atoms with Crippen LogP contribution in [0.5, 0.6) is 0 Å². The molecule has 0 bridgehead atoms. The highest BCUT2D eigenvalue weighted by atomic mass is 16.2. The van der Waals surface area contributed by atoms with Crippen LogP contribution in [0, 0.1) is 6.92 Å². The smallest absolute Gasteiger partial charge is 0.253 e. The fraction of sp³-hybridized carbons (Fsp3) is 0.353. The van der Waals surface area contributed by atoms with Gasteiger partial charge in [0, 0.05) is 36.7 Å². The molecule has 0 aliphatic heterocycles. The number of amides is 1. The first-order valence-electron chi connectivity index (χ1n) is 7.71. The number of carbonyl (C=O) groups excluding carboxylic acids is 1. The lowest BCUT2D eigenvalue weighted by molar-refractivity contribution is -0.116. The van der Waals surface area contributed by atoms with Gasteiger partial charge in [-0.1, -0.05) is 0 Å². The zero-order valence-corrected chi connectivity index (χ0v) is 13.7. The Balaban J connectivity index is 2.09. The average molecular weight is 314 g/mol. The second kappa shape index (κ2) is 7.58. The summed E-state index contributed by atoms with van der Waals surface area (Å²) in [5.74, 6) is -0.251. The zero-order chi connectivity index (χ0) is 16.8. The van der Waals surface area contributed by atoms with Crippen molar-refractivity contribution in [2.45, 2.75) is 27.3 Å². The highest BCUT2D eigenvalue weighted by Crippen LogP contribution is 2.22. The van der Waals surface area contributed by atoms with Gasteiger partial charge in [-0.15, -0.1) is 0 Å². The van der Waals surface area contributed by atoms with E-state index in [9.17, 15) is 9.59 Å². The van der Waals surface area contributed by atoms with Gasteiger partial charge in [0.1, 0.15) is 6.54 Å². The number of rotatable bonds is 6. The van der Waals surface area contributed by atoms with Crippen LogP contribution in [0.3, 0.4) is 0 Å².